The van der Waals surface area contributed by atoms with Gasteiger partial charge in [0.05, 0.1) is 12.8 Å². The van der Waals surface area contributed by atoms with Gasteiger partial charge in [-0.2, -0.15) is 0 Å². The van der Waals surface area contributed by atoms with Crippen molar-refractivity contribution in [2.24, 2.45) is 13.0 Å². The number of hydrogen-bond donors (Lipinski definition) is 0. The minimum absolute atomic E-state index is 0.0476. The van der Waals surface area contributed by atoms with E-state index in [0.717, 1.165) is 5.69 Å². The zero-order valence-electron chi connectivity index (χ0n) is 12.0. The van der Waals surface area contributed by atoms with Crippen LogP contribution in [0, 0.1) is 5.92 Å². The number of aromatic nitrogens is 3. The van der Waals surface area contributed by atoms with Crippen LogP contribution in [-0.4, -0.2) is 52.9 Å². The third-order valence-electron chi connectivity index (χ3n) is 3.19. The molecule has 0 aliphatic heterocycles. The molecular weight excluding hydrogens is 260 g/mol. The lowest BCUT2D eigenvalue weighted by atomic mass is 10.1. The number of ether oxygens (including phenoxy) is 1. The smallest absolute Gasteiger partial charge is 0.342 e. The number of esters is 1. The summed E-state index contributed by atoms with van der Waals surface area (Å²) in [5.74, 6) is -0.960. The summed E-state index contributed by atoms with van der Waals surface area (Å²) in [5, 5.41) is 7.87. The molecule has 7 nitrogen and oxygen atoms in total. The molecule has 0 spiro atoms. The largest absolute Gasteiger partial charge is 0.465 e. The Labute approximate surface area is 117 Å². The van der Waals surface area contributed by atoms with Crippen molar-refractivity contribution in [1.82, 2.24) is 19.9 Å². The van der Waals surface area contributed by atoms with E-state index in [1.807, 2.05) is 0 Å². The number of aryl methyl sites for hydroxylation is 1. The zero-order valence-corrected chi connectivity index (χ0v) is 12.0. The van der Waals surface area contributed by atoms with Crippen LogP contribution in [0.1, 0.15) is 18.0 Å². The Morgan fingerprint density at radius 3 is 2.70 bits per heavy atom. The van der Waals surface area contributed by atoms with Crippen LogP contribution in [0.2, 0.25) is 0 Å². The molecule has 2 atom stereocenters. The maximum atomic E-state index is 12.4. The second kappa shape index (κ2) is 5.44. The van der Waals surface area contributed by atoms with E-state index < -0.39 is 5.97 Å². The van der Waals surface area contributed by atoms with Crippen molar-refractivity contribution < 1.29 is 14.3 Å². The Balaban J connectivity index is 2.13. The van der Waals surface area contributed by atoms with Gasteiger partial charge < -0.3 is 9.64 Å². The average molecular weight is 278 g/mol. The highest BCUT2D eigenvalue weighted by Gasteiger charge is 2.47. The van der Waals surface area contributed by atoms with E-state index in [1.54, 1.807) is 36.9 Å². The normalized spacial score (nSPS) is 21.5. The number of carbonyl (C=O) groups is 2. The molecule has 7 heteroatoms. The second-order valence-corrected chi connectivity index (χ2v) is 5.13. The molecule has 0 N–H and O–H groups in total. The predicted molar refractivity (Wildman–Crippen MR) is 70.6 cm³/mol. The number of Topliss-reactive ketones (excluding diaryl/α,β-unsaturated/α-hetero) is 1. The summed E-state index contributed by atoms with van der Waals surface area (Å²) in [5.41, 5.74) is 0.869. The van der Waals surface area contributed by atoms with Gasteiger partial charge in [-0.3, -0.25) is 9.48 Å². The Kier molecular flexibility index (Phi) is 3.87. The first-order chi connectivity index (χ1) is 9.43. The number of nitrogens with zero attached hydrogens (tertiary/aromatic N) is 4. The van der Waals surface area contributed by atoms with Crippen molar-refractivity contribution >= 4 is 11.8 Å². The van der Waals surface area contributed by atoms with Crippen molar-refractivity contribution in [1.29, 1.82) is 0 Å². The zero-order chi connectivity index (χ0) is 14.9. The predicted octanol–water partition coefficient (Wildman–Crippen LogP) is 0.106. The quantitative estimate of drug-likeness (QED) is 0.329. The minimum Gasteiger partial charge on any atom is -0.465 e. The topological polar surface area (TPSA) is 77.3 Å². The third kappa shape index (κ3) is 2.87. The Bertz CT molecular complexity index is 562. The molecule has 0 bridgehead atoms. The Morgan fingerprint density at radius 1 is 1.50 bits per heavy atom. The van der Waals surface area contributed by atoms with E-state index in [2.05, 4.69) is 15.0 Å². The van der Waals surface area contributed by atoms with Crippen molar-refractivity contribution in [2.75, 3.05) is 21.2 Å². The number of ketones is 1. The SMILES string of the molecule is COC(=O)C(=CN(C)C)C(=O)[C@@H]1C[C@H]1c1cn(C)nn1. The number of hydrogen-bond acceptors (Lipinski definition) is 6. The molecule has 1 aliphatic rings. The van der Waals surface area contributed by atoms with Crippen LogP contribution in [-0.2, 0) is 21.4 Å². The van der Waals surface area contributed by atoms with Crippen molar-refractivity contribution in [3.63, 3.8) is 0 Å². The molecule has 108 valence electrons. The molecule has 0 amide bonds. The summed E-state index contributed by atoms with van der Waals surface area (Å²) in [6, 6.07) is 0. The van der Waals surface area contributed by atoms with Crippen LogP contribution in [0.15, 0.2) is 18.0 Å². The molecule has 1 saturated carbocycles. The first-order valence-corrected chi connectivity index (χ1v) is 6.31. The first kappa shape index (κ1) is 14.2. The lowest BCUT2D eigenvalue weighted by Gasteiger charge is -2.09. The monoisotopic (exact) mass is 278 g/mol. The van der Waals surface area contributed by atoms with Crippen LogP contribution < -0.4 is 0 Å². The average Bonchev–Trinajstić information content (AvgIpc) is 3.09. The van der Waals surface area contributed by atoms with Crippen molar-refractivity contribution in [3.8, 4) is 0 Å². The molecule has 1 aromatic heterocycles. The van der Waals surface area contributed by atoms with Crippen LogP contribution in [0.4, 0.5) is 0 Å². The van der Waals surface area contributed by atoms with Gasteiger partial charge in [0, 0.05) is 45.4 Å². The Hall–Kier alpha value is -2.18. The van der Waals surface area contributed by atoms with E-state index in [4.69, 9.17) is 0 Å². The first-order valence-electron chi connectivity index (χ1n) is 6.31. The summed E-state index contributed by atoms with van der Waals surface area (Å²) in [6.07, 6.45) is 3.99. The van der Waals surface area contributed by atoms with Gasteiger partial charge in [-0.05, 0) is 6.42 Å². The number of rotatable bonds is 5. The van der Waals surface area contributed by atoms with Gasteiger partial charge in [-0.15, -0.1) is 5.10 Å². The number of methoxy groups -OCH3 is 1. The maximum Gasteiger partial charge on any atom is 0.342 e. The number of carbonyl (C=O) groups excluding carboxylic acids is 2. The van der Waals surface area contributed by atoms with Gasteiger partial charge in [0.25, 0.3) is 0 Å². The van der Waals surface area contributed by atoms with Gasteiger partial charge in [0.15, 0.2) is 5.78 Å². The molecule has 0 saturated heterocycles. The van der Waals surface area contributed by atoms with Crippen LogP contribution >= 0.6 is 0 Å². The summed E-state index contributed by atoms with van der Waals surface area (Å²) in [7, 11) is 6.56. The fourth-order valence-corrected chi connectivity index (χ4v) is 2.13. The molecule has 0 aromatic carbocycles. The van der Waals surface area contributed by atoms with Crippen LogP contribution in [0.25, 0.3) is 0 Å². The fourth-order valence-electron chi connectivity index (χ4n) is 2.13. The molecular formula is C13H18N4O3. The second-order valence-electron chi connectivity index (χ2n) is 5.13. The molecule has 1 aliphatic carbocycles. The van der Waals surface area contributed by atoms with Crippen molar-refractivity contribution in [3.05, 3.63) is 23.7 Å². The van der Waals surface area contributed by atoms with E-state index in [0.29, 0.717) is 6.42 Å². The molecule has 1 heterocycles. The van der Waals surface area contributed by atoms with Gasteiger partial charge in [0.2, 0.25) is 0 Å². The summed E-state index contributed by atoms with van der Waals surface area (Å²) >= 11 is 0. The van der Waals surface area contributed by atoms with Gasteiger partial charge in [-0.25, -0.2) is 4.79 Å². The molecule has 0 unspecified atom stereocenters. The summed E-state index contributed by atoms with van der Waals surface area (Å²) in [6.45, 7) is 0. The van der Waals surface area contributed by atoms with Crippen LogP contribution in [0.5, 0.6) is 0 Å². The van der Waals surface area contributed by atoms with E-state index in [-0.39, 0.29) is 23.2 Å². The Morgan fingerprint density at radius 2 is 2.20 bits per heavy atom. The maximum absolute atomic E-state index is 12.4. The summed E-state index contributed by atoms with van der Waals surface area (Å²) in [4.78, 5) is 25.7. The molecule has 0 radical (unpaired) electrons. The van der Waals surface area contributed by atoms with Gasteiger partial charge in [0.1, 0.15) is 5.57 Å². The van der Waals surface area contributed by atoms with Crippen molar-refractivity contribution in [2.45, 2.75) is 12.3 Å². The molecule has 20 heavy (non-hydrogen) atoms. The standard InChI is InChI=1S/C13H18N4O3/c1-16(2)6-10(13(19)20-4)12(18)9-5-8(9)11-7-17(3)15-14-11/h6-9H,5H2,1-4H3/t8-,9-/m1/s1. The lowest BCUT2D eigenvalue weighted by molar-refractivity contribution is -0.138. The van der Waals surface area contributed by atoms with E-state index in [9.17, 15) is 9.59 Å². The fraction of sp³-hybridized carbons (Fsp3) is 0.538. The third-order valence-corrected chi connectivity index (χ3v) is 3.19. The molecule has 1 fully saturated rings. The minimum atomic E-state index is -0.603. The molecule has 2 rings (SSSR count). The highest BCUT2D eigenvalue weighted by molar-refractivity contribution is 6.19. The van der Waals surface area contributed by atoms with Gasteiger partial charge >= 0.3 is 5.97 Å². The molecule has 1 aromatic rings. The van der Waals surface area contributed by atoms with E-state index in [1.165, 1.54) is 13.3 Å². The highest BCUT2D eigenvalue weighted by atomic mass is 16.5. The van der Waals surface area contributed by atoms with E-state index >= 15 is 0 Å². The lowest BCUT2D eigenvalue weighted by Crippen LogP contribution is -2.19. The highest BCUT2D eigenvalue weighted by Crippen LogP contribution is 2.48. The van der Waals surface area contributed by atoms with Crippen LogP contribution in [0.3, 0.4) is 0 Å². The summed E-state index contributed by atoms with van der Waals surface area (Å²) < 4.78 is 6.27. The van der Waals surface area contributed by atoms with Gasteiger partial charge in [-0.1, -0.05) is 5.21 Å².